The van der Waals surface area contributed by atoms with Crippen molar-refractivity contribution in [2.24, 2.45) is 0 Å². The van der Waals surface area contributed by atoms with Crippen molar-refractivity contribution in [3.8, 4) is 0 Å². The van der Waals surface area contributed by atoms with Gasteiger partial charge in [-0.25, -0.2) is 9.48 Å². The van der Waals surface area contributed by atoms with E-state index in [1.54, 1.807) is 12.3 Å². The van der Waals surface area contributed by atoms with Crippen LogP contribution in [0.3, 0.4) is 0 Å². The lowest BCUT2D eigenvalue weighted by Gasteiger charge is -2.04. The lowest BCUT2D eigenvalue weighted by Crippen LogP contribution is -2.10. The average molecular weight is 233 g/mol. The Balaban J connectivity index is 2.15. The van der Waals surface area contributed by atoms with Gasteiger partial charge in [0, 0.05) is 6.20 Å². The molecule has 0 bridgehead atoms. The molecular formula is C6H5BrN2O3. The summed E-state index contributed by atoms with van der Waals surface area (Å²) in [7, 11) is 0. The molecule has 0 spiro atoms. The molecule has 1 aliphatic rings. The van der Waals surface area contributed by atoms with Crippen molar-refractivity contribution in [1.29, 1.82) is 0 Å². The summed E-state index contributed by atoms with van der Waals surface area (Å²) in [6, 6.07) is 1.76. The second-order valence-corrected chi connectivity index (χ2v) is 3.06. The van der Waals surface area contributed by atoms with Crippen LogP contribution in [0.15, 0.2) is 16.9 Å². The van der Waals surface area contributed by atoms with E-state index < -0.39 is 12.4 Å². The predicted molar refractivity (Wildman–Crippen MR) is 41.4 cm³/mol. The standard InChI is InChI=1S/C6H5BrN2O3/c7-4-1-2-9(8-4)5-3-11-6(10)12-5/h1-2,5H,3H2. The van der Waals surface area contributed by atoms with E-state index >= 15 is 0 Å². The molecule has 1 unspecified atom stereocenters. The highest BCUT2D eigenvalue weighted by atomic mass is 79.9. The van der Waals surface area contributed by atoms with E-state index in [0.717, 1.165) is 0 Å². The van der Waals surface area contributed by atoms with Gasteiger partial charge in [-0.1, -0.05) is 0 Å². The molecule has 1 fully saturated rings. The summed E-state index contributed by atoms with van der Waals surface area (Å²) < 4.78 is 11.6. The molecule has 2 rings (SSSR count). The van der Waals surface area contributed by atoms with Crippen LogP contribution in [0.2, 0.25) is 0 Å². The summed E-state index contributed by atoms with van der Waals surface area (Å²) in [6.07, 6.45) is 0.631. The Hall–Kier alpha value is -1.04. The van der Waals surface area contributed by atoms with Gasteiger partial charge in [-0.2, -0.15) is 5.10 Å². The summed E-state index contributed by atoms with van der Waals surface area (Å²) in [4.78, 5) is 10.5. The Kier molecular flexibility index (Phi) is 1.76. The van der Waals surface area contributed by atoms with Gasteiger partial charge in [0.1, 0.15) is 4.60 Å². The Morgan fingerprint density at radius 3 is 3.08 bits per heavy atom. The van der Waals surface area contributed by atoms with Gasteiger partial charge in [-0.05, 0) is 22.0 Å². The summed E-state index contributed by atoms with van der Waals surface area (Å²) in [6.45, 7) is 0.215. The van der Waals surface area contributed by atoms with Crippen LogP contribution in [0.1, 0.15) is 6.23 Å². The maximum Gasteiger partial charge on any atom is 0.510 e. The van der Waals surface area contributed by atoms with Gasteiger partial charge in [-0.3, -0.25) is 0 Å². The highest BCUT2D eigenvalue weighted by molar-refractivity contribution is 9.10. The van der Waals surface area contributed by atoms with Crippen LogP contribution in [-0.4, -0.2) is 22.5 Å². The molecule has 1 aromatic rings. The number of carbonyl (C=O) groups is 1. The smallest absolute Gasteiger partial charge is 0.428 e. The molecule has 1 aliphatic heterocycles. The molecule has 1 aromatic heterocycles. The zero-order valence-electron chi connectivity index (χ0n) is 5.94. The third kappa shape index (κ3) is 1.29. The quantitative estimate of drug-likeness (QED) is 0.686. The van der Waals surface area contributed by atoms with Gasteiger partial charge < -0.3 is 9.47 Å². The molecule has 5 nitrogen and oxygen atoms in total. The van der Waals surface area contributed by atoms with Gasteiger partial charge in [0.25, 0.3) is 0 Å². The molecule has 0 N–H and O–H groups in total. The second kappa shape index (κ2) is 2.78. The SMILES string of the molecule is O=C1OCC(n2ccc(Br)n2)O1. The molecule has 0 aromatic carbocycles. The van der Waals surface area contributed by atoms with Gasteiger partial charge >= 0.3 is 6.16 Å². The van der Waals surface area contributed by atoms with E-state index in [0.29, 0.717) is 4.60 Å². The number of halogens is 1. The molecule has 1 saturated heterocycles. The van der Waals surface area contributed by atoms with Gasteiger partial charge in [-0.15, -0.1) is 0 Å². The van der Waals surface area contributed by atoms with Crippen LogP contribution in [0.4, 0.5) is 4.79 Å². The Morgan fingerprint density at radius 2 is 2.58 bits per heavy atom. The molecule has 0 amide bonds. The minimum absolute atomic E-state index is 0.215. The van der Waals surface area contributed by atoms with E-state index in [-0.39, 0.29) is 6.61 Å². The van der Waals surface area contributed by atoms with Crippen LogP contribution in [0.25, 0.3) is 0 Å². The summed E-state index contributed by atoms with van der Waals surface area (Å²) in [5.41, 5.74) is 0. The van der Waals surface area contributed by atoms with E-state index in [1.165, 1.54) is 4.68 Å². The van der Waals surface area contributed by atoms with Crippen LogP contribution in [0, 0.1) is 0 Å². The van der Waals surface area contributed by atoms with E-state index in [4.69, 9.17) is 4.74 Å². The lowest BCUT2D eigenvalue weighted by molar-refractivity contribution is 0.0890. The fraction of sp³-hybridized carbons (Fsp3) is 0.333. The number of nitrogens with zero attached hydrogens (tertiary/aromatic N) is 2. The van der Waals surface area contributed by atoms with Gasteiger partial charge in [0.15, 0.2) is 6.61 Å². The molecule has 1 atom stereocenters. The number of carbonyl (C=O) groups excluding carboxylic acids is 1. The van der Waals surface area contributed by atoms with Crippen molar-refractivity contribution < 1.29 is 14.3 Å². The van der Waals surface area contributed by atoms with Crippen LogP contribution < -0.4 is 0 Å². The monoisotopic (exact) mass is 232 g/mol. The van der Waals surface area contributed by atoms with Crippen LogP contribution >= 0.6 is 15.9 Å². The lowest BCUT2D eigenvalue weighted by atomic mass is 10.6. The number of rotatable bonds is 1. The van der Waals surface area contributed by atoms with Crippen molar-refractivity contribution >= 4 is 22.1 Å². The Labute approximate surface area is 76.4 Å². The molecule has 0 saturated carbocycles. The highest BCUT2D eigenvalue weighted by Crippen LogP contribution is 2.17. The molecule has 0 aliphatic carbocycles. The Bertz CT molecular complexity index is 311. The average Bonchev–Trinajstić information content (AvgIpc) is 2.58. The number of hydrogen-bond acceptors (Lipinski definition) is 4. The van der Waals surface area contributed by atoms with Crippen molar-refractivity contribution in [3.05, 3.63) is 16.9 Å². The molecule has 0 radical (unpaired) electrons. The summed E-state index contributed by atoms with van der Waals surface area (Å²) in [5.74, 6) is 0. The fourth-order valence-electron chi connectivity index (χ4n) is 0.924. The van der Waals surface area contributed by atoms with Crippen LogP contribution in [-0.2, 0) is 9.47 Å². The summed E-state index contributed by atoms with van der Waals surface area (Å²) in [5, 5.41) is 4.00. The number of cyclic esters (lactones) is 2. The maximum absolute atomic E-state index is 10.5. The topological polar surface area (TPSA) is 53.4 Å². The van der Waals surface area contributed by atoms with E-state index in [9.17, 15) is 4.79 Å². The minimum atomic E-state index is -0.647. The van der Waals surface area contributed by atoms with Crippen molar-refractivity contribution in [2.75, 3.05) is 6.61 Å². The first-order valence-electron chi connectivity index (χ1n) is 3.30. The fourth-order valence-corrected chi connectivity index (χ4v) is 1.23. The minimum Gasteiger partial charge on any atom is -0.428 e. The first kappa shape index (κ1) is 7.60. The van der Waals surface area contributed by atoms with Gasteiger partial charge in [0.2, 0.25) is 6.23 Å². The molecular weight excluding hydrogens is 228 g/mol. The van der Waals surface area contributed by atoms with Crippen molar-refractivity contribution in [2.45, 2.75) is 6.23 Å². The first-order valence-corrected chi connectivity index (χ1v) is 4.09. The normalized spacial score (nSPS) is 22.1. The predicted octanol–water partition coefficient (Wildman–Crippen LogP) is 1.31. The largest absolute Gasteiger partial charge is 0.510 e. The molecule has 2 heterocycles. The Morgan fingerprint density at radius 1 is 1.75 bits per heavy atom. The third-order valence-corrected chi connectivity index (χ3v) is 1.87. The second-order valence-electron chi connectivity index (χ2n) is 2.25. The molecule has 12 heavy (non-hydrogen) atoms. The third-order valence-electron chi connectivity index (χ3n) is 1.45. The highest BCUT2D eigenvalue weighted by Gasteiger charge is 2.26. The van der Waals surface area contributed by atoms with Gasteiger partial charge in [0.05, 0.1) is 0 Å². The van der Waals surface area contributed by atoms with Crippen molar-refractivity contribution in [3.63, 3.8) is 0 Å². The van der Waals surface area contributed by atoms with E-state index in [2.05, 4.69) is 25.8 Å². The number of aromatic nitrogens is 2. The zero-order valence-corrected chi connectivity index (χ0v) is 7.52. The number of ether oxygens (including phenoxy) is 2. The van der Waals surface area contributed by atoms with Crippen LogP contribution in [0.5, 0.6) is 0 Å². The first-order chi connectivity index (χ1) is 5.75. The summed E-state index contributed by atoms with van der Waals surface area (Å²) >= 11 is 3.18. The maximum atomic E-state index is 10.5. The van der Waals surface area contributed by atoms with E-state index in [1.807, 2.05) is 0 Å². The number of hydrogen-bond donors (Lipinski definition) is 0. The molecule has 64 valence electrons. The molecule has 6 heteroatoms. The zero-order chi connectivity index (χ0) is 8.55. The van der Waals surface area contributed by atoms with Crippen molar-refractivity contribution in [1.82, 2.24) is 9.78 Å².